The van der Waals surface area contributed by atoms with Crippen LogP contribution in [0.4, 0.5) is 10.1 Å². The quantitative estimate of drug-likeness (QED) is 0.812. The minimum absolute atomic E-state index is 0.120. The van der Waals surface area contributed by atoms with Gasteiger partial charge < -0.3 is 5.32 Å². The zero-order chi connectivity index (χ0) is 12.3. The van der Waals surface area contributed by atoms with Gasteiger partial charge in [0, 0.05) is 11.7 Å². The van der Waals surface area contributed by atoms with Gasteiger partial charge in [-0.15, -0.1) is 0 Å². The van der Waals surface area contributed by atoms with Gasteiger partial charge in [0.15, 0.2) is 0 Å². The number of hydrogen-bond donors (Lipinski definition) is 1. The van der Waals surface area contributed by atoms with Gasteiger partial charge in [-0.1, -0.05) is 13.3 Å². The van der Waals surface area contributed by atoms with Crippen LogP contribution in [0.25, 0.3) is 0 Å². The average Bonchev–Trinajstić information content (AvgIpc) is 2.35. The Morgan fingerprint density at radius 2 is 1.94 bits per heavy atom. The molecule has 1 aromatic rings. The number of benzene rings is 1. The second-order valence-corrected chi connectivity index (χ2v) is 5.23. The number of nitrogens with one attached hydrogen (secondary N) is 1. The molecule has 0 amide bonds. The lowest BCUT2D eigenvalue weighted by atomic mass is 9.84. The summed E-state index contributed by atoms with van der Waals surface area (Å²) in [4.78, 5) is 0. The monoisotopic (exact) mass is 235 g/mol. The summed E-state index contributed by atoms with van der Waals surface area (Å²) in [5, 5.41) is 3.53. The van der Waals surface area contributed by atoms with Gasteiger partial charge in [-0.2, -0.15) is 0 Å². The summed E-state index contributed by atoms with van der Waals surface area (Å²) < 4.78 is 13.1. The number of rotatable bonds is 3. The summed E-state index contributed by atoms with van der Waals surface area (Å²) in [5.74, 6) is 0.799. The Morgan fingerprint density at radius 3 is 2.53 bits per heavy atom. The van der Waals surface area contributed by atoms with Crippen molar-refractivity contribution in [3.05, 3.63) is 29.6 Å². The molecule has 1 aromatic carbocycles. The summed E-state index contributed by atoms with van der Waals surface area (Å²) in [6.07, 6.45) is 6.45. The molecule has 0 aromatic heterocycles. The molecule has 0 unspecified atom stereocenters. The lowest BCUT2D eigenvalue weighted by Gasteiger charge is -2.29. The van der Waals surface area contributed by atoms with E-state index < -0.39 is 0 Å². The van der Waals surface area contributed by atoms with E-state index in [-0.39, 0.29) is 5.82 Å². The maximum Gasteiger partial charge on any atom is 0.126 e. The van der Waals surface area contributed by atoms with Crippen LogP contribution in [0.15, 0.2) is 18.2 Å². The number of hydrogen-bond acceptors (Lipinski definition) is 1. The molecule has 1 fully saturated rings. The first-order valence-electron chi connectivity index (χ1n) is 6.71. The normalized spacial score (nSPS) is 24.6. The van der Waals surface area contributed by atoms with E-state index in [1.807, 2.05) is 19.1 Å². The van der Waals surface area contributed by atoms with Gasteiger partial charge in [0.25, 0.3) is 0 Å². The van der Waals surface area contributed by atoms with E-state index in [1.165, 1.54) is 32.1 Å². The van der Waals surface area contributed by atoms with Gasteiger partial charge in [0.1, 0.15) is 5.82 Å². The van der Waals surface area contributed by atoms with Crippen LogP contribution in [0.5, 0.6) is 0 Å². The molecule has 0 saturated heterocycles. The molecule has 0 atom stereocenters. The van der Waals surface area contributed by atoms with E-state index in [4.69, 9.17) is 0 Å². The molecule has 1 aliphatic rings. The van der Waals surface area contributed by atoms with Crippen molar-refractivity contribution in [2.45, 2.75) is 52.0 Å². The molecule has 2 rings (SSSR count). The van der Waals surface area contributed by atoms with Crippen molar-refractivity contribution in [2.75, 3.05) is 5.32 Å². The smallest absolute Gasteiger partial charge is 0.126 e. The van der Waals surface area contributed by atoms with Crippen LogP contribution in [0.1, 0.15) is 44.6 Å². The van der Waals surface area contributed by atoms with Gasteiger partial charge in [-0.25, -0.2) is 4.39 Å². The fourth-order valence-electron chi connectivity index (χ4n) is 2.69. The van der Waals surface area contributed by atoms with E-state index in [9.17, 15) is 4.39 Å². The first kappa shape index (κ1) is 12.4. The number of halogens is 1. The third-order valence-corrected chi connectivity index (χ3v) is 3.95. The van der Waals surface area contributed by atoms with Crippen molar-refractivity contribution >= 4 is 5.69 Å². The molecule has 1 nitrogen and oxygen atoms in total. The Kier molecular flexibility index (Phi) is 4.03. The van der Waals surface area contributed by atoms with Crippen LogP contribution in [0, 0.1) is 18.7 Å². The first-order valence-corrected chi connectivity index (χ1v) is 6.71. The molecule has 0 heterocycles. The molecular formula is C15H22FN. The van der Waals surface area contributed by atoms with Crippen molar-refractivity contribution in [1.29, 1.82) is 0 Å². The van der Waals surface area contributed by atoms with E-state index in [0.717, 1.165) is 17.2 Å². The highest BCUT2D eigenvalue weighted by molar-refractivity contribution is 5.46. The molecule has 94 valence electrons. The Hall–Kier alpha value is -1.05. The Labute approximate surface area is 103 Å². The zero-order valence-corrected chi connectivity index (χ0v) is 10.8. The molecule has 0 aliphatic heterocycles. The van der Waals surface area contributed by atoms with E-state index in [0.29, 0.717) is 6.04 Å². The van der Waals surface area contributed by atoms with Gasteiger partial charge >= 0.3 is 0 Å². The molecule has 1 N–H and O–H groups in total. The fourth-order valence-corrected chi connectivity index (χ4v) is 2.69. The SMILES string of the molecule is CCC1CCC(Nc2ccc(F)c(C)c2)CC1. The molecule has 0 spiro atoms. The van der Waals surface area contributed by atoms with Crippen LogP contribution in [0.2, 0.25) is 0 Å². The Bertz CT molecular complexity index is 367. The van der Waals surface area contributed by atoms with Crippen LogP contribution in [0.3, 0.4) is 0 Å². The molecular weight excluding hydrogens is 213 g/mol. The highest BCUT2D eigenvalue weighted by Gasteiger charge is 2.19. The predicted molar refractivity (Wildman–Crippen MR) is 70.8 cm³/mol. The van der Waals surface area contributed by atoms with Gasteiger partial charge in [-0.05, 0) is 62.3 Å². The summed E-state index contributed by atoms with van der Waals surface area (Å²) in [7, 11) is 0. The van der Waals surface area contributed by atoms with Crippen LogP contribution in [-0.2, 0) is 0 Å². The summed E-state index contributed by atoms with van der Waals surface area (Å²) in [5.41, 5.74) is 1.78. The average molecular weight is 235 g/mol. The Balaban J connectivity index is 1.91. The molecule has 2 heteroatoms. The van der Waals surface area contributed by atoms with Crippen molar-refractivity contribution in [3.63, 3.8) is 0 Å². The van der Waals surface area contributed by atoms with Crippen molar-refractivity contribution in [3.8, 4) is 0 Å². The second-order valence-electron chi connectivity index (χ2n) is 5.23. The van der Waals surface area contributed by atoms with Crippen LogP contribution in [-0.4, -0.2) is 6.04 Å². The van der Waals surface area contributed by atoms with Crippen molar-refractivity contribution < 1.29 is 4.39 Å². The van der Waals surface area contributed by atoms with Gasteiger partial charge in [-0.3, -0.25) is 0 Å². The molecule has 1 aliphatic carbocycles. The zero-order valence-electron chi connectivity index (χ0n) is 10.8. The maximum absolute atomic E-state index is 13.1. The fraction of sp³-hybridized carbons (Fsp3) is 0.600. The first-order chi connectivity index (χ1) is 8.19. The number of aryl methyl sites for hydroxylation is 1. The highest BCUT2D eigenvalue weighted by Crippen LogP contribution is 2.28. The standard InChI is InChI=1S/C15H22FN/c1-3-12-4-6-13(7-5-12)17-14-8-9-15(16)11(2)10-14/h8-10,12-13,17H,3-7H2,1-2H3. The summed E-state index contributed by atoms with van der Waals surface area (Å²) >= 11 is 0. The van der Waals surface area contributed by atoms with E-state index in [1.54, 1.807) is 6.07 Å². The molecule has 17 heavy (non-hydrogen) atoms. The van der Waals surface area contributed by atoms with Gasteiger partial charge in [0.05, 0.1) is 0 Å². The third-order valence-electron chi connectivity index (χ3n) is 3.95. The Morgan fingerprint density at radius 1 is 1.24 bits per heavy atom. The molecule has 1 saturated carbocycles. The number of anilines is 1. The molecule has 0 radical (unpaired) electrons. The largest absolute Gasteiger partial charge is 0.382 e. The predicted octanol–water partition coefficient (Wildman–Crippen LogP) is 4.51. The van der Waals surface area contributed by atoms with E-state index >= 15 is 0 Å². The molecule has 0 bridgehead atoms. The maximum atomic E-state index is 13.1. The van der Waals surface area contributed by atoms with Crippen LogP contribution < -0.4 is 5.32 Å². The van der Waals surface area contributed by atoms with Crippen LogP contribution >= 0.6 is 0 Å². The van der Waals surface area contributed by atoms with Crippen molar-refractivity contribution in [1.82, 2.24) is 0 Å². The lowest BCUT2D eigenvalue weighted by molar-refractivity contribution is 0.330. The lowest BCUT2D eigenvalue weighted by Crippen LogP contribution is -2.25. The topological polar surface area (TPSA) is 12.0 Å². The second kappa shape index (κ2) is 5.52. The minimum Gasteiger partial charge on any atom is -0.382 e. The summed E-state index contributed by atoms with van der Waals surface area (Å²) in [6, 6.07) is 5.87. The summed E-state index contributed by atoms with van der Waals surface area (Å²) in [6.45, 7) is 4.09. The minimum atomic E-state index is -0.120. The van der Waals surface area contributed by atoms with Crippen molar-refractivity contribution in [2.24, 2.45) is 5.92 Å². The third kappa shape index (κ3) is 3.21. The van der Waals surface area contributed by atoms with E-state index in [2.05, 4.69) is 12.2 Å². The van der Waals surface area contributed by atoms with Gasteiger partial charge in [0.2, 0.25) is 0 Å². The highest BCUT2D eigenvalue weighted by atomic mass is 19.1.